The van der Waals surface area contributed by atoms with Gasteiger partial charge in [-0.05, 0) is 31.0 Å². The van der Waals surface area contributed by atoms with Crippen LogP contribution in [0.15, 0.2) is 46.8 Å². The van der Waals surface area contributed by atoms with Crippen LogP contribution in [0.3, 0.4) is 0 Å². The summed E-state index contributed by atoms with van der Waals surface area (Å²) >= 11 is 2.48. The molecule has 0 atom stereocenters. The molecule has 0 radical (unpaired) electrons. The van der Waals surface area contributed by atoms with Gasteiger partial charge in [-0.3, -0.25) is 9.59 Å². The Morgan fingerprint density at radius 3 is 2.79 bits per heavy atom. The van der Waals surface area contributed by atoms with Crippen molar-refractivity contribution in [3.63, 3.8) is 0 Å². The molecular formula is C19H20N4O3S2. The molecule has 0 saturated carbocycles. The van der Waals surface area contributed by atoms with E-state index < -0.39 is 0 Å². The van der Waals surface area contributed by atoms with Crippen molar-refractivity contribution < 1.29 is 14.3 Å². The summed E-state index contributed by atoms with van der Waals surface area (Å²) in [5.41, 5.74) is 3.14. The van der Waals surface area contributed by atoms with E-state index in [1.807, 2.05) is 42.5 Å². The van der Waals surface area contributed by atoms with Crippen LogP contribution in [0.2, 0.25) is 0 Å². The van der Waals surface area contributed by atoms with Crippen LogP contribution in [0, 0.1) is 0 Å². The Hall–Kier alpha value is -2.65. The lowest BCUT2D eigenvalue weighted by Gasteiger charge is -2.01. The summed E-state index contributed by atoms with van der Waals surface area (Å²) in [6.45, 7) is 2.11. The number of hydrogen-bond donors (Lipinski definition) is 2. The number of thioether (sulfide) groups is 1. The summed E-state index contributed by atoms with van der Waals surface area (Å²) in [7, 11) is 0. The molecule has 2 aromatic heterocycles. The lowest BCUT2D eigenvalue weighted by Crippen LogP contribution is -2.12. The molecule has 1 aromatic carbocycles. The van der Waals surface area contributed by atoms with Gasteiger partial charge in [0.1, 0.15) is 0 Å². The number of aromatic amines is 1. The van der Waals surface area contributed by atoms with Crippen LogP contribution in [-0.2, 0) is 20.7 Å². The Morgan fingerprint density at radius 1 is 1.18 bits per heavy atom. The second-order valence-electron chi connectivity index (χ2n) is 5.78. The van der Waals surface area contributed by atoms with Crippen molar-refractivity contribution in [1.29, 1.82) is 0 Å². The molecule has 0 fully saturated rings. The summed E-state index contributed by atoms with van der Waals surface area (Å²) < 4.78 is 5.47. The van der Waals surface area contributed by atoms with Gasteiger partial charge in [0.05, 0.1) is 12.4 Å². The van der Waals surface area contributed by atoms with Crippen molar-refractivity contribution >= 4 is 40.1 Å². The van der Waals surface area contributed by atoms with E-state index in [9.17, 15) is 9.59 Å². The van der Waals surface area contributed by atoms with E-state index in [0.717, 1.165) is 17.0 Å². The zero-order valence-corrected chi connectivity index (χ0v) is 16.9. The normalized spacial score (nSPS) is 10.6. The summed E-state index contributed by atoms with van der Waals surface area (Å²) in [5.74, 6) is -0.254. The highest BCUT2D eigenvalue weighted by Crippen LogP contribution is 2.25. The molecule has 0 bridgehead atoms. The molecule has 0 spiro atoms. The second kappa shape index (κ2) is 10.0. The average Bonchev–Trinajstić information content (AvgIpc) is 3.35. The van der Waals surface area contributed by atoms with Crippen molar-refractivity contribution in [2.45, 2.75) is 24.1 Å². The van der Waals surface area contributed by atoms with E-state index in [1.54, 1.807) is 6.92 Å². The first-order valence-electron chi connectivity index (χ1n) is 8.79. The second-order valence-corrected chi connectivity index (χ2v) is 7.98. The maximum atomic E-state index is 12.2. The summed E-state index contributed by atoms with van der Waals surface area (Å²) in [4.78, 5) is 26.8. The van der Waals surface area contributed by atoms with Crippen LogP contribution in [0.1, 0.15) is 19.0 Å². The predicted molar refractivity (Wildman–Crippen MR) is 110 cm³/mol. The number of anilines is 1. The minimum absolute atomic E-state index is 0.131. The third kappa shape index (κ3) is 5.93. The average molecular weight is 417 g/mol. The van der Waals surface area contributed by atoms with Crippen LogP contribution in [-0.4, -0.2) is 39.4 Å². The van der Waals surface area contributed by atoms with Gasteiger partial charge >= 0.3 is 5.97 Å². The number of rotatable bonds is 9. The predicted octanol–water partition coefficient (Wildman–Crippen LogP) is 3.76. The van der Waals surface area contributed by atoms with Crippen LogP contribution in [0.5, 0.6) is 0 Å². The van der Waals surface area contributed by atoms with Gasteiger partial charge in [0.15, 0.2) is 4.34 Å². The zero-order chi connectivity index (χ0) is 19.8. The van der Waals surface area contributed by atoms with Crippen LogP contribution >= 0.6 is 23.1 Å². The molecular weight excluding hydrogens is 396 g/mol. The number of nitrogens with one attached hydrogen (secondary N) is 2. The Balaban J connectivity index is 1.45. The molecule has 28 heavy (non-hydrogen) atoms. The molecule has 0 aliphatic rings. The topological polar surface area (TPSA) is 97.0 Å². The van der Waals surface area contributed by atoms with E-state index in [2.05, 4.69) is 20.5 Å². The zero-order valence-electron chi connectivity index (χ0n) is 15.3. The van der Waals surface area contributed by atoms with E-state index in [-0.39, 0.29) is 17.6 Å². The number of hydrogen-bond acceptors (Lipinski definition) is 7. The van der Waals surface area contributed by atoms with Gasteiger partial charge in [-0.1, -0.05) is 53.4 Å². The molecule has 3 aromatic rings. The number of H-pyrrole nitrogens is 1. The molecule has 0 saturated heterocycles. The number of benzene rings is 1. The number of esters is 1. The Bertz CT molecular complexity index is 924. The van der Waals surface area contributed by atoms with Crippen molar-refractivity contribution in [1.82, 2.24) is 15.2 Å². The number of carbonyl (C=O) groups excluding carboxylic acids is 2. The molecule has 2 heterocycles. The maximum Gasteiger partial charge on any atom is 0.316 e. The highest BCUT2D eigenvalue weighted by Gasteiger charge is 2.11. The van der Waals surface area contributed by atoms with Crippen molar-refractivity contribution in [2.24, 2.45) is 0 Å². The van der Waals surface area contributed by atoms with E-state index >= 15 is 0 Å². The number of carbonyl (C=O) groups is 2. The SMILES string of the molecule is CCOC(=O)CSc1nnc(NC(=O)CCc2ccc(-c3ccccc3)[nH]2)s1. The number of nitrogens with zero attached hydrogens (tertiary/aromatic N) is 2. The smallest absolute Gasteiger partial charge is 0.316 e. The molecule has 146 valence electrons. The van der Waals surface area contributed by atoms with Crippen LogP contribution < -0.4 is 5.32 Å². The lowest BCUT2D eigenvalue weighted by atomic mass is 10.2. The van der Waals surface area contributed by atoms with Crippen molar-refractivity contribution in [2.75, 3.05) is 17.7 Å². The maximum absolute atomic E-state index is 12.2. The summed E-state index contributed by atoms with van der Waals surface area (Å²) in [5, 5.41) is 11.1. The number of amides is 1. The van der Waals surface area contributed by atoms with Gasteiger partial charge in [0, 0.05) is 17.8 Å². The monoisotopic (exact) mass is 416 g/mol. The van der Waals surface area contributed by atoms with Gasteiger partial charge in [0.2, 0.25) is 11.0 Å². The fourth-order valence-electron chi connectivity index (χ4n) is 2.44. The van der Waals surface area contributed by atoms with E-state index in [0.29, 0.717) is 28.9 Å². The largest absolute Gasteiger partial charge is 0.465 e. The third-order valence-electron chi connectivity index (χ3n) is 3.72. The number of aryl methyl sites for hydroxylation is 1. The Kier molecular flexibility index (Phi) is 7.21. The Labute approximate surface area is 170 Å². The van der Waals surface area contributed by atoms with Crippen molar-refractivity contribution in [3.8, 4) is 11.3 Å². The van der Waals surface area contributed by atoms with Gasteiger partial charge in [0.25, 0.3) is 0 Å². The molecule has 0 aliphatic heterocycles. The molecule has 0 aliphatic carbocycles. The van der Waals surface area contributed by atoms with Gasteiger partial charge < -0.3 is 15.0 Å². The highest BCUT2D eigenvalue weighted by atomic mass is 32.2. The molecule has 1 amide bonds. The number of ether oxygens (including phenoxy) is 1. The summed E-state index contributed by atoms with van der Waals surface area (Å²) in [6.07, 6.45) is 0.932. The first kappa shape index (κ1) is 20.1. The van der Waals surface area contributed by atoms with Gasteiger partial charge in [-0.25, -0.2) is 0 Å². The quantitative estimate of drug-likeness (QED) is 0.313. The standard InChI is InChI=1S/C19H20N4O3S2/c1-2-26-17(25)12-27-19-23-22-18(28-19)21-16(24)11-9-14-8-10-15(20-14)13-6-4-3-5-7-13/h3-8,10,20H,2,9,11-12H2,1H3,(H,21,22,24). The van der Waals surface area contributed by atoms with Crippen molar-refractivity contribution in [3.05, 3.63) is 48.2 Å². The first-order chi connectivity index (χ1) is 13.6. The number of aromatic nitrogens is 3. The fourth-order valence-corrected chi connectivity index (χ4v) is 4.01. The fraction of sp³-hybridized carbons (Fsp3) is 0.263. The molecule has 7 nitrogen and oxygen atoms in total. The molecule has 3 rings (SSSR count). The minimum Gasteiger partial charge on any atom is -0.465 e. The Morgan fingerprint density at radius 2 is 2.00 bits per heavy atom. The van der Waals surface area contributed by atoms with E-state index in [1.165, 1.54) is 23.1 Å². The van der Waals surface area contributed by atoms with Crippen LogP contribution in [0.4, 0.5) is 5.13 Å². The van der Waals surface area contributed by atoms with E-state index in [4.69, 9.17) is 4.74 Å². The van der Waals surface area contributed by atoms with Gasteiger partial charge in [-0.15, -0.1) is 10.2 Å². The highest BCUT2D eigenvalue weighted by molar-refractivity contribution is 8.01. The molecule has 9 heteroatoms. The first-order valence-corrected chi connectivity index (χ1v) is 10.6. The van der Waals surface area contributed by atoms with Crippen LogP contribution in [0.25, 0.3) is 11.3 Å². The molecule has 0 unspecified atom stereocenters. The lowest BCUT2D eigenvalue weighted by molar-refractivity contribution is -0.139. The minimum atomic E-state index is -0.297. The van der Waals surface area contributed by atoms with Gasteiger partial charge in [-0.2, -0.15) is 0 Å². The molecule has 2 N–H and O–H groups in total. The third-order valence-corrected chi connectivity index (χ3v) is 5.67. The summed E-state index contributed by atoms with van der Waals surface area (Å²) in [6, 6.07) is 14.0.